The van der Waals surface area contributed by atoms with Crippen molar-refractivity contribution in [1.29, 1.82) is 0 Å². The highest BCUT2D eigenvalue weighted by Crippen LogP contribution is 2.22. The first-order valence-corrected chi connectivity index (χ1v) is 4.78. The van der Waals surface area contributed by atoms with E-state index in [1.165, 1.54) is 0 Å². The molecule has 0 saturated heterocycles. The van der Waals surface area contributed by atoms with Gasteiger partial charge in [0.2, 0.25) is 0 Å². The molecule has 0 radical (unpaired) electrons. The van der Waals surface area contributed by atoms with E-state index in [1.807, 2.05) is 48.6 Å². The predicted molar refractivity (Wildman–Crippen MR) is 61.5 cm³/mol. The van der Waals surface area contributed by atoms with Gasteiger partial charge in [-0.15, -0.1) is 0 Å². The van der Waals surface area contributed by atoms with Crippen molar-refractivity contribution in [2.75, 3.05) is 11.4 Å². The molecule has 0 spiro atoms. The van der Waals surface area contributed by atoms with Crippen LogP contribution in [-0.2, 0) is 0 Å². The number of amides is 2. The molecule has 1 aliphatic heterocycles. The number of nitrogens with zero attached hydrogens (tertiary/aromatic N) is 1. The molecule has 2 N–H and O–H groups in total. The van der Waals surface area contributed by atoms with Crippen molar-refractivity contribution in [1.82, 2.24) is 0 Å². The highest BCUT2D eigenvalue weighted by Gasteiger charge is 2.13. The topological polar surface area (TPSA) is 46.3 Å². The van der Waals surface area contributed by atoms with Gasteiger partial charge in [0.15, 0.2) is 0 Å². The molecule has 0 unspecified atom stereocenters. The first-order valence-electron chi connectivity index (χ1n) is 4.78. The molecule has 1 heterocycles. The molecule has 2 amide bonds. The summed E-state index contributed by atoms with van der Waals surface area (Å²) in [6, 6.07) is 7.26. The minimum atomic E-state index is -0.428. The molecule has 0 atom stereocenters. The molecule has 1 aromatic rings. The predicted octanol–water partition coefficient (Wildman–Crippen LogP) is 2.15. The standard InChI is InChI=1S/C12H12N2O/c13-12(15)14-9-5-1-2-6-10-7-3-4-8-11(10)14/h1-8H,9H2,(H2,13,15)/b5-1-,6-2-. The summed E-state index contributed by atoms with van der Waals surface area (Å²) in [5.74, 6) is 0. The van der Waals surface area contributed by atoms with Crippen molar-refractivity contribution < 1.29 is 4.79 Å². The number of anilines is 1. The Bertz CT molecular complexity index is 435. The van der Waals surface area contributed by atoms with Gasteiger partial charge < -0.3 is 5.73 Å². The zero-order valence-corrected chi connectivity index (χ0v) is 8.26. The summed E-state index contributed by atoms with van der Waals surface area (Å²) in [6.07, 6.45) is 7.72. The molecule has 3 heteroatoms. The van der Waals surface area contributed by atoms with Crippen LogP contribution >= 0.6 is 0 Å². The van der Waals surface area contributed by atoms with E-state index in [4.69, 9.17) is 5.73 Å². The van der Waals surface area contributed by atoms with E-state index in [2.05, 4.69) is 0 Å². The Hall–Kier alpha value is -2.03. The van der Waals surface area contributed by atoms with Gasteiger partial charge in [-0.25, -0.2) is 4.79 Å². The number of primary amides is 1. The quantitative estimate of drug-likeness (QED) is 0.685. The molecule has 15 heavy (non-hydrogen) atoms. The van der Waals surface area contributed by atoms with Gasteiger partial charge in [0.25, 0.3) is 0 Å². The monoisotopic (exact) mass is 200 g/mol. The van der Waals surface area contributed by atoms with Crippen LogP contribution in [0.4, 0.5) is 10.5 Å². The molecule has 76 valence electrons. The number of rotatable bonds is 0. The van der Waals surface area contributed by atoms with Crippen molar-refractivity contribution in [3.05, 3.63) is 48.1 Å². The van der Waals surface area contributed by atoms with Crippen LogP contribution in [0.25, 0.3) is 6.08 Å². The van der Waals surface area contributed by atoms with E-state index in [-0.39, 0.29) is 0 Å². The SMILES string of the molecule is NC(=O)N1C/C=C\C=C/c2ccccc21. The Kier molecular flexibility index (Phi) is 2.54. The lowest BCUT2D eigenvalue weighted by atomic mass is 10.1. The largest absolute Gasteiger partial charge is 0.351 e. The fraction of sp³-hybridized carbons (Fsp3) is 0.0833. The van der Waals surface area contributed by atoms with Crippen LogP contribution in [0.3, 0.4) is 0 Å². The molecule has 3 nitrogen and oxygen atoms in total. The first-order chi connectivity index (χ1) is 7.29. The molecule has 1 aliphatic rings. The summed E-state index contributed by atoms with van der Waals surface area (Å²) in [4.78, 5) is 12.8. The van der Waals surface area contributed by atoms with Crippen molar-refractivity contribution in [2.24, 2.45) is 5.73 Å². The summed E-state index contributed by atoms with van der Waals surface area (Å²) in [5.41, 5.74) is 7.18. The zero-order valence-electron chi connectivity index (χ0n) is 8.26. The van der Waals surface area contributed by atoms with E-state index < -0.39 is 6.03 Å². The lowest BCUT2D eigenvalue weighted by Crippen LogP contribution is -2.36. The zero-order chi connectivity index (χ0) is 10.7. The number of carbonyl (C=O) groups excluding carboxylic acids is 1. The highest BCUT2D eigenvalue weighted by molar-refractivity contribution is 5.93. The van der Waals surface area contributed by atoms with E-state index >= 15 is 0 Å². The van der Waals surface area contributed by atoms with Gasteiger partial charge in [-0.05, 0) is 11.6 Å². The maximum Gasteiger partial charge on any atom is 0.319 e. The van der Waals surface area contributed by atoms with Gasteiger partial charge in [0.05, 0.1) is 5.69 Å². The van der Waals surface area contributed by atoms with Crippen LogP contribution in [0, 0.1) is 0 Å². The minimum Gasteiger partial charge on any atom is -0.351 e. The molecule has 0 fully saturated rings. The average Bonchev–Trinajstić information content (AvgIpc) is 2.18. The number of benzene rings is 1. The number of hydrogen-bond acceptors (Lipinski definition) is 1. The fourth-order valence-corrected chi connectivity index (χ4v) is 1.59. The molecular weight excluding hydrogens is 188 g/mol. The van der Waals surface area contributed by atoms with Gasteiger partial charge in [0.1, 0.15) is 0 Å². The van der Waals surface area contributed by atoms with Crippen molar-refractivity contribution in [3.8, 4) is 0 Å². The number of para-hydroxylation sites is 1. The van der Waals surface area contributed by atoms with Crippen LogP contribution in [0.5, 0.6) is 0 Å². The lowest BCUT2D eigenvalue weighted by molar-refractivity contribution is 0.254. The Balaban J connectivity index is 2.51. The number of carbonyl (C=O) groups is 1. The molecule has 1 aromatic carbocycles. The number of nitrogens with two attached hydrogens (primary N) is 1. The van der Waals surface area contributed by atoms with E-state index in [0.717, 1.165) is 11.3 Å². The van der Waals surface area contributed by atoms with Crippen LogP contribution in [0.15, 0.2) is 42.5 Å². The maximum atomic E-state index is 11.3. The van der Waals surface area contributed by atoms with Crippen molar-refractivity contribution in [3.63, 3.8) is 0 Å². The molecule has 0 aromatic heterocycles. The summed E-state index contributed by atoms with van der Waals surface area (Å²) >= 11 is 0. The van der Waals surface area contributed by atoms with Gasteiger partial charge in [0, 0.05) is 6.54 Å². The van der Waals surface area contributed by atoms with Gasteiger partial charge in [-0.2, -0.15) is 0 Å². The third kappa shape index (κ3) is 1.91. The third-order valence-corrected chi connectivity index (χ3v) is 2.30. The summed E-state index contributed by atoms with van der Waals surface area (Å²) in [6.45, 7) is 0.511. The number of allylic oxidation sites excluding steroid dienone is 2. The molecule has 0 bridgehead atoms. The number of urea groups is 1. The van der Waals surface area contributed by atoms with Crippen LogP contribution in [0.2, 0.25) is 0 Å². The average molecular weight is 200 g/mol. The minimum absolute atomic E-state index is 0.428. The Morgan fingerprint density at radius 2 is 2.07 bits per heavy atom. The second kappa shape index (κ2) is 4.00. The van der Waals surface area contributed by atoms with Crippen LogP contribution in [0.1, 0.15) is 5.56 Å². The van der Waals surface area contributed by atoms with Crippen LogP contribution < -0.4 is 10.6 Å². The number of fused-ring (bicyclic) bond motifs is 1. The summed E-state index contributed by atoms with van der Waals surface area (Å²) in [7, 11) is 0. The molecule has 0 aliphatic carbocycles. The molecule has 2 rings (SSSR count). The van der Waals surface area contributed by atoms with Crippen molar-refractivity contribution in [2.45, 2.75) is 0 Å². The normalized spacial score (nSPS) is 18.5. The Labute approximate surface area is 88.5 Å². The lowest BCUT2D eigenvalue weighted by Gasteiger charge is -2.21. The Morgan fingerprint density at radius 1 is 1.27 bits per heavy atom. The Morgan fingerprint density at radius 3 is 2.87 bits per heavy atom. The molecule has 0 saturated carbocycles. The van der Waals surface area contributed by atoms with E-state index in [0.29, 0.717) is 6.54 Å². The molecular formula is C12H12N2O. The second-order valence-electron chi connectivity index (χ2n) is 3.29. The third-order valence-electron chi connectivity index (χ3n) is 2.30. The maximum absolute atomic E-state index is 11.3. The van der Waals surface area contributed by atoms with Gasteiger partial charge >= 0.3 is 6.03 Å². The highest BCUT2D eigenvalue weighted by atomic mass is 16.2. The van der Waals surface area contributed by atoms with E-state index in [9.17, 15) is 4.79 Å². The smallest absolute Gasteiger partial charge is 0.319 e. The fourth-order valence-electron chi connectivity index (χ4n) is 1.59. The second-order valence-corrected chi connectivity index (χ2v) is 3.29. The summed E-state index contributed by atoms with van der Waals surface area (Å²) in [5, 5.41) is 0. The first kappa shape index (κ1) is 9.52. The van der Waals surface area contributed by atoms with Crippen LogP contribution in [-0.4, -0.2) is 12.6 Å². The summed E-state index contributed by atoms with van der Waals surface area (Å²) < 4.78 is 0. The van der Waals surface area contributed by atoms with Crippen molar-refractivity contribution >= 4 is 17.8 Å². The van der Waals surface area contributed by atoms with Gasteiger partial charge in [-0.1, -0.05) is 42.5 Å². The number of hydrogen-bond donors (Lipinski definition) is 1. The van der Waals surface area contributed by atoms with Gasteiger partial charge in [-0.3, -0.25) is 4.90 Å². The van der Waals surface area contributed by atoms with E-state index in [1.54, 1.807) is 4.90 Å².